The van der Waals surface area contributed by atoms with Gasteiger partial charge in [-0.1, -0.05) is 188 Å². The number of hydrogen-bond acceptors (Lipinski definition) is 2. The van der Waals surface area contributed by atoms with Gasteiger partial charge in [0, 0.05) is 16.7 Å². The van der Waals surface area contributed by atoms with Gasteiger partial charge in [0.05, 0.1) is 0 Å². The van der Waals surface area contributed by atoms with Gasteiger partial charge < -0.3 is 5.32 Å². The minimum absolute atomic E-state index is 0.112. The first-order valence-electron chi connectivity index (χ1n) is 20.1. The molecule has 11 rings (SSSR count). The van der Waals surface area contributed by atoms with Gasteiger partial charge in [0.1, 0.15) is 5.84 Å². The van der Waals surface area contributed by atoms with Crippen molar-refractivity contribution >= 4 is 48.9 Å². The first-order chi connectivity index (χ1) is 28.7. The van der Waals surface area contributed by atoms with Crippen LogP contribution in [0.15, 0.2) is 217 Å². The Morgan fingerprint density at radius 1 is 0.362 bits per heavy atom. The molecule has 0 saturated carbocycles. The quantitative estimate of drug-likeness (QED) is 0.164. The van der Waals surface area contributed by atoms with Gasteiger partial charge in [-0.25, -0.2) is 4.99 Å². The summed E-state index contributed by atoms with van der Waals surface area (Å²) in [4.78, 5) is 5.35. The normalized spacial score (nSPS) is 15.4. The molecule has 2 atom stereocenters. The zero-order valence-corrected chi connectivity index (χ0v) is 31.9. The van der Waals surface area contributed by atoms with Crippen molar-refractivity contribution in [2.75, 3.05) is 0 Å². The standard InChI is InChI=1S/C55H39N3/c1-3-11-36(12-4-1)37-19-27-43(28-20-37)54-56-53(42-15-5-2-6-16-42)57-55(58-54)49-32-31-45(44-29-25-40-23-21-38-13-7-9-17-47(38)50(40)33-44)34-52(49)46-30-26-41-24-22-39-14-8-10-18-48(39)51(41)35-46/h1-35,54-55,58H,(H,56,57)/p+1. The van der Waals surface area contributed by atoms with E-state index in [1.54, 1.807) is 0 Å². The van der Waals surface area contributed by atoms with Crippen LogP contribution in [0.3, 0.4) is 0 Å². The van der Waals surface area contributed by atoms with Gasteiger partial charge >= 0.3 is 0 Å². The van der Waals surface area contributed by atoms with Gasteiger partial charge in [-0.05, 0) is 101 Å². The van der Waals surface area contributed by atoms with Crippen LogP contribution in [0.4, 0.5) is 0 Å². The van der Waals surface area contributed by atoms with Crippen LogP contribution in [0, 0.1) is 0 Å². The second-order valence-corrected chi connectivity index (χ2v) is 15.3. The van der Waals surface area contributed by atoms with Crippen molar-refractivity contribution < 1.29 is 5.32 Å². The molecule has 0 saturated heterocycles. The zero-order chi connectivity index (χ0) is 38.4. The number of hydrogen-bond donors (Lipinski definition) is 2. The fourth-order valence-corrected chi connectivity index (χ4v) is 8.83. The van der Waals surface area contributed by atoms with Crippen LogP contribution in [-0.2, 0) is 0 Å². The second-order valence-electron chi connectivity index (χ2n) is 15.3. The zero-order valence-electron chi connectivity index (χ0n) is 31.9. The highest BCUT2D eigenvalue weighted by Gasteiger charge is 2.31. The highest BCUT2D eigenvalue weighted by atomic mass is 15.3. The Bertz CT molecular complexity index is 3170. The molecule has 1 heterocycles. The number of nitrogens with one attached hydrogen (secondary N) is 1. The molecule has 0 bridgehead atoms. The lowest BCUT2D eigenvalue weighted by Gasteiger charge is -2.30. The Kier molecular flexibility index (Phi) is 8.38. The summed E-state index contributed by atoms with van der Waals surface area (Å²) in [5, 5.41) is 16.3. The van der Waals surface area contributed by atoms with Crippen molar-refractivity contribution in [3.8, 4) is 33.4 Å². The maximum Gasteiger partial charge on any atom is 0.209 e. The predicted molar refractivity (Wildman–Crippen MR) is 243 cm³/mol. The van der Waals surface area contributed by atoms with Crippen LogP contribution in [0.1, 0.15) is 29.0 Å². The van der Waals surface area contributed by atoms with E-state index in [-0.39, 0.29) is 12.3 Å². The summed E-state index contributed by atoms with van der Waals surface area (Å²) in [6.07, 6.45) is -0.257. The highest BCUT2D eigenvalue weighted by molar-refractivity contribution is 6.10. The topological polar surface area (TPSA) is 41.0 Å². The van der Waals surface area contributed by atoms with Crippen molar-refractivity contribution in [2.24, 2.45) is 4.99 Å². The molecule has 0 aliphatic carbocycles. The van der Waals surface area contributed by atoms with Crippen LogP contribution in [0.25, 0.3) is 76.5 Å². The molecule has 3 nitrogen and oxygen atoms in total. The van der Waals surface area contributed by atoms with E-state index < -0.39 is 0 Å². The smallest absolute Gasteiger partial charge is 0.209 e. The minimum Gasteiger partial charge on any atom is -0.317 e. The highest BCUT2D eigenvalue weighted by Crippen LogP contribution is 2.38. The molecule has 58 heavy (non-hydrogen) atoms. The van der Waals surface area contributed by atoms with Crippen molar-refractivity contribution in [2.45, 2.75) is 12.3 Å². The third-order valence-electron chi connectivity index (χ3n) is 11.9. The molecule has 0 radical (unpaired) electrons. The fourth-order valence-electron chi connectivity index (χ4n) is 8.83. The maximum absolute atomic E-state index is 5.35. The SMILES string of the molecule is c1ccc(C2=NC(c3ccc(-c4ccccc4)cc3)[NH2+]C(c3ccc(-c4ccc5ccc6ccccc6c5c4)cc3-c3ccc4ccc5ccccc5c4c3)N2)cc1. The Labute approximate surface area is 338 Å². The Morgan fingerprint density at radius 2 is 0.828 bits per heavy atom. The van der Waals surface area contributed by atoms with Crippen LogP contribution >= 0.6 is 0 Å². The van der Waals surface area contributed by atoms with E-state index >= 15 is 0 Å². The lowest BCUT2D eigenvalue weighted by atomic mass is 9.90. The first kappa shape index (κ1) is 34.0. The van der Waals surface area contributed by atoms with Gasteiger partial charge in [0.2, 0.25) is 6.17 Å². The summed E-state index contributed by atoms with van der Waals surface area (Å²) in [5.41, 5.74) is 10.6. The molecule has 0 spiro atoms. The average molecular weight is 743 g/mol. The lowest BCUT2D eigenvalue weighted by molar-refractivity contribution is -0.739. The number of quaternary nitrogens is 1. The van der Waals surface area contributed by atoms with Crippen molar-refractivity contribution in [1.82, 2.24) is 5.32 Å². The molecule has 0 aromatic heterocycles. The third-order valence-corrected chi connectivity index (χ3v) is 11.9. The van der Waals surface area contributed by atoms with Gasteiger partial charge in [0.15, 0.2) is 6.17 Å². The van der Waals surface area contributed by atoms with Gasteiger partial charge in [0.25, 0.3) is 0 Å². The molecule has 0 fully saturated rings. The molecule has 1 aliphatic heterocycles. The van der Waals surface area contributed by atoms with Crippen LogP contribution < -0.4 is 10.6 Å². The van der Waals surface area contributed by atoms with Crippen molar-refractivity contribution in [1.29, 1.82) is 0 Å². The molecule has 0 amide bonds. The summed E-state index contributed by atoms with van der Waals surface area (Å²) in [6.45, 7) is 0. The molecule has 3 heteroatoms. The van der Waals surface area contributed by atoms with Crippen molar-refractivity contribution in [3.63, 3.8) is 0 Å². The van der Waals surface area contributed by atoms with E-state index in [4.69, 9.17) is 4.99 Å². The molecule has 10 aromatic carbocycles. The maximum atomic E-state index is 5.35. The number of fused-ring (bicyclic) bond motifs is 6. The second kappa shape index (κ2) is 14.3. The lowest BCUT2D eigenvalue weighted by Crippen LogP contribution is -2.90. The Morgan fingerprint density at radius 3 is 1.48 bits per heavy atom. The van der Waals surface area contributed by atoms with Crippen LogP contribution in [0.5, 0.6) is 0 Å². The summed E-state index contributed by atoms with van der Waals surface area (Å²) < 4.78 is 0. The van der Waals surface area contributed by atoms with Gasteiger partial charge in [-0.15, -0.1) is 0 Å². The molecule has 10 aromatic rings. The molecular formula is C55H40N3+. The third kappa shape index (κ3) is 6.19. The fraction of sp³-hybridized carbons (Fsp3) is 0.0364. The molecule has 3 N–H and O–H groups in total. The largest absolute Gasteiger partial charge is 0.317 e. The molecule has 274 valence electrons. The summed E-state index contributed by atoms with van der Waals surface area (Å²) in [6, 6.07) is 77.2. The number of nitrogens with zero attached hydrogens (tertiary/aromatic N) is 1. The number of benzene rings is 10. The average Bonchev–Trinajstić information content (AvgIpc) is 3.31. The summed E-state index contributed by atoms with van der Waals surface area (Å²) in [7, 11) is 0. The van der Waals surface area contributed by atoms with E-state index in [9.17, 15) is 0 Å². The summed E-state index contributed by atoms with van der Waals surface area (Å²) in [5.74, 6) is 0.895. The monoisotopic (exact) mass is 742 g/mol. The number of aliphatic imine (C=N–C) groups is 1. The molecule has 2 unspecified atom stereocenters. The van der Waals surface area contributed by atoms with Crippen LogP contribution in [-0.4, -0.2) is 5.84 Å². The van der Waals surface area contributed by atoms with E-state index in [1.165, 1.54) is 87.6 Å². The van der Waals surface area contributed by atoms with E-state index in [0.29, 0.717) is 0 Å². The Balaban J connectivity index is 1.07. The molecule has 1 aliphatic rings. The van der Waals surface area contributed by atoms with E-state index in [0.717, 1.165) is 11.4 Å². The number of rotatable bonds is 6. The first-order valence-corrected chi connectivity index (χ1v) is 20.1. The number of amidine groups is 1. The van der Waals surface area contributed by atoms with E-state index in [2.05, 4.69) is 223 Å². The number of nitrogens with two attached hydrogens (primary N) is 1. The Hall–Kier alpha value is -7.33. The molecular weight excluding hydrogens is 703 g/mol. The predicted octanol–water partition coefficient (Wildman–Crippen LogP) is 12.6. The van der Waals surface area contributed by atoms with Crippen molar-refractivity contribution in [3.05, 3.63) is 229 Å². The van der Waals surface area contributed by atoms with Gasteiger partial charge in [-0.3, -0.25) is 5.32 Å². The summed E-state index contributed by atoms with van der Waals surface area (Å²) >= 11 is 0. The van der Waals surface area contributed by atoms with Crippen LogP contribution in [0.2, 0.25) is 0 Å². The minimum atomic E-state index is -0.145. The van der Waals surface area contributed by atoms with E-state index in [1.807, 2.05) is 0 Å². The van der Waals surface area contributed by atoms with Gasteiger partial charge in [-0.2, -0.15) is 0 Å².